The number of fused-ring (bicyclic) bond motifs is 7. The molecule has 0 radical (unpaired) electrons. The molecule has 1 N–H and O–H groups in total. The van der Waals surface area contributed by atoms with Crippen molar-refractivity contribution >= 4 is 17.7 Å². The number of hydrogen-bond acceptors (Lipinski definition) is 5. The van der Waals surface area contributed by atoms with E-state index in [1.165, 1.54) is 18.4 Å². The van der Waals surface area contributed by atoms with Gasteiger partial charge in [0.25, 0.3) is 0 Å². The summed E-state index contributed by atoms with van der Waals surface area (Å²) in [7, 11) is 1.57. The topological polar surface area (TPSA) is 75.7 Å². The number of carbonyl (C=O) groups is 3. The summed E-state index contributed by atoms with van der Waals surface area (Å²) < 4.78 is 5.50. The molecule has 4 saturated carbocycles. The Hall–Kier alpha value is -1.69. The van der Waals surface area contributed by atoms with Crippen LogP contribution in [0.25, 0.3) is 0 Å². The Kier molecular flexibility index (Phi) is 7.79. The van der Waals surface area contributed by atoms with Gasteiger partial charge in [-0.15, -0.1) is 0 Å². The Morgan fingerprint density at radius 1 is 1.00 bits per heavy atom. The van der Waals surface area contributed by atoms with Gasteiger partial charge in [-0.05, 0) is 124 Å². The van der Waals surface area contributed by atoms with Crippen LogP contribution in [-0.4, -0.2) is 55.8 Å². The van der Waals surface area contributed by atoms with Crippen molar-refractivity contribution in [1.29, 1.82) is 0 Å². The fourth-order valence-electron chi connectivity index (χ4n) is 12.3. The quantitative estimate of drug-likeness (QED) is 0.221. The fraction of sp³-hybridized carbons (Fsp3) is 0.865. The lowest BCUT2D eigenvalue weighted by Crippen LogP contribution is -2.66. The molecule has 6 nitrogen and oxygen atoms in total. The second kappa shape index (κ2) is 10.7. The van der Waals surface area contributed by atoms with Gasteiger partial charge in [0.15, 0.2) is 5.78 Å². The highest BCUT2D eigenvalue weighted by Gasteiger charge is 2.70. The number of methoxy groups -OCH3 is 1. The number of allylic oxidation sites excluding steroid dienone is 2. The summed E-state index contributed by atoms with van der Waals surface area (Å²) >= 11 is 0. The maximum Gasteiger partial charge on any atom is 0.312 e. The molecule has 1 amide bonds. The second-order valence-electron chi connectivity index (χ2n) is 17.1. The third-order valence-corrected chi connectivity index (χ3v) is 14.9. The van der Waals surface area contributed by atoms with Crippen molar-refractivity contribution in [2.45, 2.75) is 112 Å². The van der Waals surface area contributed by atoms with E-state index >= 15 is 0 Å². The van der Waals surface area contributed by atoms with Gasteiger partial charge in [0.1, 0.15) is 0 Å². The van der Waals surface area contributed by atoms with E-state index in [0.29, 0.717) is 24.8 Å². The summed E-state index contributed by atoms with van der Waals surface area (Å²) in [5.74, 6) is 1.04. The number of rotatable bonds is 5. The van der Waals surface area contributed by atoms with Gasteiger partial charge in [-0.2, -0.15) is 0 Å². The summed E-state index contributed by atoms with van der Waals surface area (Å²) in [6, 6.07) is 0. The Morgan fingerprint density at radius 3 is 2.42 bits per heavy atom. The van der Waals surface area contributed by atoms with Crippen molar-refractivity contribution in [1.82, 2.24) is 10.2 Å². The molecule has 1 heterocycles. The minimum absolute atomic E-state index is 0.00132. The van der Waals surface area contributed by atoms with E-state index in [2.05, 4.69) is 57.8 Å². The average molecular weight is 595 g/mol. The van der Waals surface area contributed by atoms with Crippen LogP contribution < -0.4 is 5.32 Å². The van der Waals surface area contributed by atoms with Crippen LogP contribution in [0.3, 0.4) is 0 Å². The lowest BCUT2D eigenvalue weighted by atomic mass is 9.33. The molecular formula is C37H58N2O4. The Balaban J connectivity index is 1.32. The van der Waals surface area contributed by atoms with Gasteiger partial charge in [-0.25, -0.2) is 0 Å². The SMILES string of the molecule is COC(=O)C12CCC(C)CC1C1=CCC3C4(C)CC(C(=O)NCCN5CCCC5)C(=O)C(C)(C)C4CCC3(C)[C@]1(C)CC2. The molecule has 5 fully saturated rings. The zero-order valence-electron chi connectivity index (χ0n) is 28.2. The molecule has 5 aliphatic carbocycles. The van der Waals surface area contributed by atoms with Crippen LogP contribution in [0.4, 0.5) is 0 Å². The maximum atomic E-state index is 14.0. The minimum Gasteiger partial charge on any atom is -0.469 e. The number of nitrogens with one attached hydrogen (secondary N) is 1. The first-order valence-corrected chi connectivity index (χ1v) is 17.6. The van der Waals surface area contributed by atoms with Crippen molar-refractivity contribution in [2.24, 2.45) is 56.7 Å². The van der Waals surface area contributed by atoms with Crippen LogP contribution in [0, 0.1) is 56.7 Å². The molecule has 240 valence electrons. The van der Waals surface area contributed by atoms with E-state index < -0.39 is 11.3 Å². The molecule has 6 aliphatic rings. The summed E-state index contributed by atoms with van der Waals surface area (Å²) in [4.78, 5) is 43.6. The molecule has 8 unspecified atom stereocenters. The number of carbonyl (C=O) groups excluding carboxylic acids is 3. The highest BCUT2D eigenvalue weighted by Crippen LogP contribution is 2.75. The molecular weight excluding hydrogens is 536 g/mol. The van der Waals surface area contributed by atoms with E-state index in [0.717, 1.165) is 71.0 Å². The second-order valence-corrected chi connectivity index (χ2v) is 17.1. The molecule has 0 spiro atoms. The van der Waals surface area contributed by atoms with Gasteiger partial charge in [0.2, 0.25) is 5.91 Å². The number of nitrogens with zero attached hydrogens (tertiary/aromatic N) is 1. The normalized spacial score (nSPS) is 45.6. The van der Waals surface area contributed by atoms with Gasteiger partial charge in [0, 0.05) is 18.5 Å². The number of amides is 1. The number of likely N-dealkylation sites (tertiary alicyclic amines) is 1. The van der Waals surface area contributed by atoms with Crippen molar-refractivity contribution in [2.75, 3.05) is 33.3 Å². The van der Waals surface area contributed by atoms with Crippen LogP contribution in [0.2, 0.25) is 0 Å². The first-order chi connectivity index (χ1) is 20.2. The maximum absolute atomic E-state index is 14.0. The zero-order valence-corrected chi connectivity index (χ0v) is 28.2. The van der Waals surface area contributed by atoms with Crippen LogP contribution in [-0.2, 0) is 19.1 Å². The monoisotopic (exact) mass is 594 g/mol. The number of ketones is 1. The highest BCUT2D eigenvalue weighted by atomic mass is 16.5. The van der Waals surface area contributed by atoms with Crippen molar-refractivity contribution in [3.63, 3.8) is 0 Å². The number of hydrogen-bond donors (Lipinski definition) is 1. The lowest BCUT2D eigenvalue weighted by molar-refractivity contribution is -0.195. The average Bonchev–Trinajstić information content (AvgIpc) is 3.48. The molecule has 1 aliphatic heterocycles. The molecule has 1 saturated heterocycles. The summed E-state index contributed by atoms with van der Waals surface area (Å²) in [6.45, 7) is 17.8. The zero-order chi connectivity index (χ0) is 31.0. The first-order valence-electron chi connectivity index (χ1n) is 17.6. The molecule has 6 rings (SSSR count). The van der Waals surface area contributed by atoms with Gasteiger partial charge in [-0.1, -0.05) is 53.2 Å². The molecule has 43 heavy (non-hydrogen) atoms. The van der Waals surface area contributed by atoms with Crippen LogP contribution in [0.5, 0.6) is 0 Å². The standard InChI is InChI=1S/C37H58N2O4/c1-24-12-15-37(32(42)43-7)17-16-35(5)26(27(37)22-24)10-11-29-34(4)23-25(31(41)38-18-21-39-19-8-9-20-39)30(40)33(2,3)28(34)13-14-36(29,35)6/h10,24-25,27-29H,8-9,11-23H2,1-7H3,(H,38,41)/t24?,25?,27?,28?,29?,34?,35-,36?,37?/m1/s1. The van der Waals surface area contributed by atoms with Crippen LogP contribution in [0.15, 0.2) is 11.6 Å². The smallest absolute Gasteiger partial charge is 0.312 e. The summed E-state index contributed by atoms with van der Waals surface area (Å²) in [6.07, 6.45) is 13.8. The van der Waals surface area contributed by atoms with Crippen molar-refractivity contribution in [3.05, 3.63) is 11.6 Å². The van der Waals surface area contributed by atoms with E-state index in [1.54, 1.807) is 7.11 Å². The Labute approximate surface area is 260 Å². The fourth-order valence-corrected chi connectivity index (χ4v) is 12.3. The van der Waals surface area contributed by atoms with Crippen LogP contribution in [0.1, 0.15) is 112 Å². The predicted molar refractivity (Wildman–Crippen MR) is 169 cm³/mol. The Morgan fingerprint density at radius 2 is 1.72 bits per heavy atom. The van der Waals surface area contributed by atoms with Gasteiger partial charge in [0.05, 0.1) is 18.4 Å². The van der Waals surface area contributed by atoms with Crippen LogP contribution >= 0.6 is 0 Å². The van der Waals surface area contributed by atoms with Gasteiger partial charge >= 0.3 is 5.97 Å². The molecule has 0 bridgehead atoms. The van der Waals surface area contributed by atoms with Gasteiger partial charge < -0.3 is 15.0 Å². The largest absolute Gasteiger partial charge is 0.469 e. The predicted octanol–water partition coefficient (Wildman–Crippen LogP) is 6.58. The minimum atomic E-state index is -0.576. The van der Waals surface area contributed by atoms with Gasteiger partial charge in [-0.3, -0.25) is 14.4 Å². The lowest BCUT2D eigenvalue weighted by Gasteiger charge is -2.70. The number of esters is 1. The Bertz CT molecular complexity index is 1190. The molecule has 6 heteroatoms. The van der Waals surface area contributed by atoms with E-state index in [9.17, 15) is 14.4 Å². The third-order valence-electron chi connectivity index (χ3n) is 14.9. The highest BCUT2D eigenvalue weighted by molar-refractivity contribution is 6.04. The summed E-state index contributed by atoms with van der Waals surface area (Å²) in [5, 5.41) is 3.19. The molecule has 0 aromatic carbocycles. The van der Waals surface area contributed by atoms with Crippen molar-refractivity contribution in [3.8, 4) is 0 Å². The first kappa shape index (κ1) is 31.3. The number of ether oxygens (including phenoxy) is 1. The molecule has 0 aromatic heterocycles. The van der Waals surface area contributed by atoms with Crippen molar-refractivity contribution < 1.29 is 19.1 Å². The third kappa shape index (κ3) is 4.45. The van der Waals surface area contributed by atoms with E-state index in [1.807, 2.05) is 0 Å². The number of Topliss-reactive ketones (excluding diaryl/α,β-unsaturated/α-hetero) is 1. The molecule has 9 atom stereocenters. The van der Waals surface area contributed by atoms with E-state index in [-0.39, 0.29) is 51.2 Å². The molecule has 0 aromatic rings. The van der Waals surface area contributed by atoms with E-state index in [4.69, 9.17) is 4.74 Å². The summed E-state index contributed by atoms with van der Waals surface area (Å²) in [5.41, 5.74) is 0.568.